The van der Waals surface area contributed by atoms with Gasteiger partial charge in [0.15, 0.2) is 0 Å². The number of carbonyl (C=O) groups excluding carboxylic acids is 1. The van der Waals surface area contributed by atoms with Crippen molar-refractivity contribution in [1.82, 2.24) is 10.3 Å². The second-order valence-electron chi connectivity index (χ2n) is 6.25. The van der Waals surface area contributed by atoms with Crippen LogP contribution in [0.2, 0.25) is 5.02 Å². The minimum absolute atomic E-state index is 0.0474. The van der Waals surface area contributed by atoms with Crippen LogP contribution in [0.5, 0.6) is 5.88 Å². The van der Waals surface area contributed by atoms with Crippen molar-refractivity contribution in [3.8, 4) is 5.88 Å². The van der Waals surface area contributed by atoms with E-state index >= 15 is 0 Å². The molecular formula is C21H27ClN2O2. The fraction of sp³-hybridized carbons (Fsp3) is 0.429. The minimum Gasteiger partial charge on any atom is -0.481 e. The molecule has 0 bridgehead atoms. The van der Waals surface area contributed by atoms with Crippen molar-refractivity contribution >= 4 is 17.5 Å². The first-order valence-electron chi connectivity index (χ1n) is 9.11. The minimum atomic E-state index is -0.0474. The summed E-state index contributed by atoms with van der Waals surface area (Å²) in [6.45, 7) is 6.35. The molecule has 5 heteroatoms. The first-order chi connectivity index (χ1) is 12.6. The average Bonchev–Trinajstić information content (AvgIpc) is 3.50. The Hall–Kier alpha value is -2.07. The lowest BCUT2D eigenvalue weighted by molar-refractivity contribution is -0.120. The molecule has 0 radical (unpaired) electrons. The normalized spacial score (nSPS) is 12.8. The number of benzene rings is 1. The largest absolute Gasteiger partial charge is 0.481 e. The Bertz CT molecular complexity index is 758. The van der Waals surface area contributed by atoms with Crippen molar-refractivity contribution in [2.24, 2.45) is 0 Å². The van der Waals surface area contributed by atoms with Crippen LogP contribution in [0.4, 0.5) is 0 Å². The summed E-state index contributed by atoms with van der Waals surface area (Å²) >= 11 is 6.11. The topological polar surface area (TPSA) is 51.2 Å². The molecule has 1 aliphatic rings. The molecule has 1 fully saturated rings. The van der Waals surface area contributed by atoms with E-state index in [9.17, 15) is 4.79 Å². The van der Waals surface area contributed by atoms with Gasteiger partial charge in [-0.15, -0.1) is 0 Å². The number of pyridine rings is 1. The molecule has 1 aromatic heterocycles. The number of nitrogens with one attached hydrogen (secondary N) is 1. The Morgan fingerprint density at radius 3 is 2.65 bits per heavy atom. The van der Waals surface area contributed by atoms with Gasteiger partial charge in [0.05, 0.1) is 13.5 Å². The van der Waals surface area contributed by atoms with Crippen LogP contribution in [-0.4, -0.2) is 18.0 Å². The second kappa shape index (κ2) is 9.58. The number of aromatic nitrogens is 1. The summed E-state index contributed by atoms with van der Waals surface area (Å²) in [6.07, 6.45) is 4.61. The summed E-state index contributed by atoms with van der Waals surface area (Å²) in [5, 5.41) is 3.62. The fourth-order valence-electron chi connectivity index (χ4n) is 2.65. The Kier molecular flexibility index (Phi) is 7.46. The molecule has 1 aliphatic carbocycles. The number of hydrogen-bond acceptors (Lipinski definition) is 3. The molecule has 2 aromatic rings. The van der Waals surface area contributed by atoms with E-state index < -0.39 is 0 Å². The maximum Gasteiger partial charge on any atom is 0.224 e. The Labute approximate surface area is 160 Å². The number of aryl methyl sites for hydroxylation is 1. The molecule has 1 saturated carbocycles. The van der Waals surface area contributed by atoms with Gasteiger partial charge in [-0.2, -0.15) is 0 Å². The monoisotopic (exact) mass is 374 g/mol. The molecule has 0 atom stereocenters. The molecule has 1 heterocycles. The van der Waals surface area contributed by atoms with Gasteiger partial charge in [-0.25, -0.2) is 4.98 Å². The highest BCUT2D eigenvalue weighted by molar-refractivity contribution is 6.31. The van der Waals surface area contributed by atoms with Crippen LogP contribution in [0.15, 0.2) is 30.5 Å². The van der Waals surface area contributed by atoms with Gasteiger partial charge in [-0.1, -0.05) is 37.6 Å². The number of halogens is 1. The van der Waals surface area contributed by atoms with Crippen molar-refractivity contribution in [3.63, 3.8) is 0 Å². The van der Waals surface area contributed by atoms with E-state index in [2.05, 4.69) is 16.4 Å². The summed E-state index contributed by atoms with van der Waals surface area (Å²) < 4.78 is 5.30. The molecule has 1 amide bonds. The third kappa shape index (κ3) is 5.46. The fourth-order valence-corrected chi connectivity index (χ4v) is 2.86. The zero-order valence-corrected chi connectivity index (χ0v) is 16.7. The SMILES string of the molecule is CC.COc1ncc(C2CC2)cc1CNC(=O)Cc1ccc(C)c(Cl)c1. The summed E-state index contributed by atoms with van der Waals surface area (Å²) in [7, 11) is 1.60. The standard InChI is InChI=1S/C19H21ClN2O2.C2H6/c1-12-3-4-13(7-17(12)20)8-18(23)21-11-16-9-15(14-5-6-14)10-22-19(16)24-2;1-2/h3-4,7,9-10,14H,5-6,8,11H2,1-2H3,(H,21,23);1-2H3. The molecule has 4 nitrogen and oxygen atoms in total. The zero-order chi connectivity index (χ0) is 19.1. The number of ether oxygens (including phenoxy) is 1. The van der Waals surface area contributed by atoms with Crippen molar-refractivity contribution < 1.29 is 9.53 Å². The van der Waals surface area contributed by atoms with Crippen LogP contribution in [0, 0.1) is 6.92 Å². The summed E-state index contributed by atoms with van der Waals surface area (Å²) in [6, 6.07) is 7.78. The lowest BCUT2D eigenvalue weighted by Crippen LogP contribution is -2.25. The summed E-state index contributed by atoms with van der Waals surface area (Å²) in [5.41, 5.74) is 4.05. The molecule has 140 valence electrons. The lowest BCUT2D eigenvalue weighted by Gasteiger charge is -2.11. The van der Waals surface area contributed by atoms with Gasteiger partial charge in [-0.3, -0.25) is 4.79 Å². The van der Waals surface area contributed by atoms with Crippen LogP contribution in [0.25, 0.3) is 0 Å². The highest BCUT2D eigenvalue weighted by atomic mass is 35.5. The average molecular weight is 375 g/mol. The van der Waals surface area contributed by atoms with Crippen molar-refractivity contribution in [1.29, 1.82) is 0 Å². The van der Waals surface area contributed by atoms with E-state index in [1.807, 2.05) is 45.2 Å². The molecule has 1 N–H and O–H groups in total. The molecule has 26 heavy (non-hydrogen) atoms. The highest BCUT2D eigenvalue weighted by Gasteiger charge is 2.24. The third-order valence-corrected chi connectivity index (χ3v) is 4.67. The van der Waals surface area contributed by atoms with E-state index in [0.717, 1.165) is 16.7 Å². The second-order valence-corrected chi connectivity index (χ2v) is 6.66. The first kappa shape index (κ1) is 20.2. The molecule has 0 aliphatic heterocycles. The summed E-state index contributed by atoms with van der Waals surface area (Å²) in [5.74, 6) is 1.14. The van der Waals surface area contributed by atoms with Crippen molar-refractivity contribution in [2.45, 2.75) is 52.5 Å². The van der Waals surface area contributed by atoms with Crippen molar-refractivity contribution in [2.75, 3.05) is 7.11 Å². The number of nitrogens with zero attached hydrogens (tertiary/aromatic N) is 1. The van der Waals surface area contributed by atoms with Crippen LogP contribution in [-0.2, 0) is 17.8 Å². The third-order valence-electron chi connectivity index (χ3n) is 4.27. The van der Waals surface area contributed by atoms with E-state index in [1.165, 1.54) is 18.4 Å². The Morgan fingerprint density at radius 1 is 1.31 bits per heavy atom. The van der Waals surface area contributed by atoms with Crippen LogP contribution < -0.4 is 10.1 Å². The maximum absolute atomic E-state index is 12.2. The highest BCUT2D eigenvalue weighted by Crippen LogP contribution is 2.40. The van der Waals surface area contributed by atoms with E-state index in [0.29, 0.717) is 29.8 Å². The maximum atomic E-state index is 12.2. The molecule has 0 saturated heterocycles. The Morgan fingerprint density at radius 2 is 2.04 bits per heavy atom. The van der Waals surface area contributed by atoms with Gasteiger partial charge < -0.3 is 10.1 Å². The van der Waals surface area contributed by atoms with E-state index in [-0.39, 0.29) is 5.91 Å². The smallest absolute Gasteiger partial charge is 0.224 e. The lowest BCUT2D eigenvalue weighted by atomic mass is 10.1. The van der Waals surface area contributed by atoms with Gasteiger partial charge in [0.1, 0.15) is 0 Å². The molecular weight excluding hydrogens is 348 g/mol. The van der Waals surface area contributed by atoms with Gasteiger partial charge in [-0.05, 0) is 54.5 Å². The van der Waals surface area contributed by atoms with Crippen LogP contribution >= 0.6 is 11.6 Å². The van der Waals surface area contributed by atoms with Gasteiger partial charge >= 0.3 is 0 Å². The van der Waals surface area contributed by atoms with Crippen LogP contribution in [0.3, 0.4) is 0 Å². The molecule has 0 unspecified atom stereocenters. The summed E-state index contributed by atoms with van der Waals surface area (Å²) in [4.78, 5) is 16.5. The number of rotatable bonds is 6. The number of hydrogen-bond donors (Lipinski definition) is 1. The van der Waals surface area contributed by atoms with Gasteiger partial charge in [0.2, 0.25) is 11.8 Å². The van der Waals surface area contributed by atoms with Crippen molar-refractivity contribution in [3.05, 3.63) is 57.7 Å². The van der Waals surface area contributed by atoms with Gasteiger partial charge in [0, 0.05) is 23.3 Å². The predicted molar refractivity (Wildman–Crippen MR) is 106 cm³/mol. The number of methoxy groups -OCH3 is 1. The predicted octanol–water partition coefficient (Wildman–Crippen LogP) is 4.81. The quantitative estimate of drug-likeness (QED) is 0.789. The molecule has 1 aromatic carbocycles. The molecule has 0 spiro atoms. The number of carbonyl (C=O) groups is 1. The van der Waals surface area contributed by atoms with Gasteiger partial charge in [0.25, 0.3) is 0 Å². The van der Waals surface area contributed by atoms with E-state index in [4.69, 9.17) is 16.3 Å². The molecule has 3 rings (SSSR count). The first-order valence-corrected chi connectivity index (χ1v) is 9.49. The Balaban J connectivity index is 0.00000117. The van der Waals surface area contributed by atoms with E-state index in [1.54, 1.807) is 7.11 Å². The zero-order valence-electron chi connectivity index (χ0n) is 15.9. The van der Waals surface area contributed by atoms with Crippen LogP contribution in [0.1, 0.15) is 54.9 Å². The number of amides is 1.